The van der Waals surface area contributed by atoms with E-state index in [0.717, 1.165) is 19.5 Å². The molecular formula is C11H25N3. The normalized spacial score (nSPS) is 27.2. The quantitative estimate of drug-likeness (QED) is 0.728. The van der Waals surface area contributed by atoms with Crippen LogP contribution >= 0.6 is 0 Å². The molecule has 1 aliphatic rings. The van der Waals surface area contributed by atoms with Gasteiger partial charge in [-0.05, 0) is 27.3 Å². The van der Waals surface area contributed by atoms with Gasteiger partial charge in [-0.1, -0.05) is 6.92 Å². The number of nitrogens with two attached hydrogens (primary N) is 1. The Balaban J connectivity index is 2.61. The first-order valence-electron chi connectivity index (χ1n) is 5.70. The zero-order chi connectivity index (χ0) is 10.8. The molecule has 3 heteroatoms. The monoisotopic (exact) mass is 199 g/mol. The summed E-state index contributed by atoms with van der Waals surface area (Å²) in [4.78, 5) is 4.94. The van der Waals surface area contributed by atoms with Crippen molar-refractivity contribution in [1.29, 1.82) is 0 Å². The van der Waals surface area contributed by atoms with Gasteiger partial charge in [-0.2, -0.15) is 0 Å². The molecule has 84 valence electrons. The minimum atomic E-state index is 0.182. The standard InChI is InChI=1S/C11H25N3/c1-5-11(3,10(2)12)14-8-6-13(4)7-9-14/h10H,5-9,12H2,1-4H3. The van der Waals surface area contributed by atoms with E-state index in [1.165, 1.54) is 13.1 Å². The van der Waals surface area contributed by atoms with Crippen molar-refractivity contribution in [2.75, 3.05) is 33.2 Å². The summed E-state index contributed by atoms with van der Waals surface area (Å²) >= 11 is 0. The lowest BCUT2D eigenvalue weighted by Gasteiger charge is -2.47. The maximum Gasteiger partial charge on any atom is 0.0328 e. The highest BCUT2D eigenvalue weighted by molar-refractivity contribution is 4.94. The molecule has 1 heterocycles. The van der Waals surface area contributed by atoms with Crippen molar-refractivity contribution in [1.82, 2.24) is 9.80 Å². The molecule has 0 amide bonds. The van der Waals surface area contributed by atoms with Crippen molar-refractivity contribution < 1.29 is 0 Å². The molecule has 0 aromatic carbocycles. The van der Waals surface area contributed by atoms with Gasteiger partial charge in [0.15, 0.2) is 0 Å². The summed E-state index contributed by atoms with van der Waals surface area (Å²) < 4.78 is 0. The van der Waals surface area contributed by atoms with Crippen LogP contribution in [0.5, 0.6) is 0 Å². The van der Waals surface area contributed by atoms with Crippen LogP contribution in [0.15, 0.2) is 0 Å². The molecule has 0 bridgehead atoms. The Hall–Kier alpha value is -0.120. The van der Waals surface area contributed by atoms with E-state index in [-0.39, 0.29) is 11.6 Å². The van der Waals surface area contributed by atoms with Crippen molar-refractivity contribution in [3.05, 3.63) is 0 Å². The molecule has 3 nitrogen and oxygen atoms in total. The maximum atomic E-state index is 6.09. The molecule has 1 aliphatic heterocycles. The summed E-state index contributed by atoms with van der Waals surface area (Å²) in [5.74, 6) is 0. The number of piperazine rings is 1. The number of hydrogen-bond acceptors (Lipinski definition) is 3. The van der Waals surface area contributed by atoms with Crippen molar-refractivity contribution in [2.45, 2.75) is 38.8 Å². The van der Waals surface area contributed by atoms with Crippen LogP contribution in [0.2, 0.25) is 0 Å². The van der Waals surface area contributed by atoms with Gasteiger partial charge in [0, 0.05) is 37.8 Å². The Bertz CT molecular complexity index is 173. The van der Waals surface area contributed by atoms with Gasteiger partial charge in [-0.25, -0.2) is 0 Å². The summed E-state index contributed by atoms with van der Waals surface area (Å²) in [7, 11) is 2.19. The van der Waals surface area contributed by atoms with Gasteiger partial charge in [0.25, 0.3) is 0 Å². The highest BCUT2D eigenvalue weighted by Gasteiger charge is 2.34. The second-order valence-electron chi connectivity index (χ2n) is 4.79. The number of likely N-dealkylation sites (N-methyl/N-ethyl adjacent to an activating group) is 1. The second-order valence-corrected chi connectivity index (χ2v) is 4.79. The minimum absolute atomic E-state index is 0.182. The third-order valence-electron chi connectivity index (χ3n) is 3.92. The predicted molar refractivity (Wildman–Crippen MR) is 61.4 cm³/mol. The van der Waals surface area contributed by atoms with Crippen LogP contribution in [0.4, 0.5) is 0 Å². The fourth-order valence-electron chi connectivity index (χ4n) is 2.15. The highest BCUT2D eigenvalue weighted by atomic mass is 15.3. The number of nitrogens with zero attached hydrogens (tertiary/aromatic N) is 2. The summed E-state index contributed by atoms with van der Waals surface area (Å²) in [6, 6.07) is 0.246. The van der Waals surface area contributed by atoms with Gasteiger partial charge >= 0.3 is 0 Å². The van der Waals surface area contributed by atoms with E-state index in [2.05, 4.69) is 37.6 Å². The topological polar surface area (TPSA) is 32.5 Å². The van der Waals surface area contributed by atoms with Crippen LogP contribution < -0.4 is 5.73 Å². The fourth-order valence-corrected chi connectivity index (χ4v) is 2.15. The molecular weight excluding hydrogens is 174 g/mol. The Labute approximate surface area is 88.2 Å². The van der Waals surface area contributed by atoms with Gasteiger partial charge in [0.2, 0.25) is 0 Å². The van der Waals surface area contributed by atoms with Crippen molar-refractivity contribution in [2.24, 2.45) is 5.73 Å². The average molecular weight is 199 g/mol. The lowest BCUT2D eigenvalue weighted by Crippen LogP contribution is -2.61. The third-order valence-corrected chi connectivity index (χ3v) is 3.92. The van der Waals surface area contributed by atoms with E-state index in [1.807, 2.05) is 0 Å². The smallest absolute Gasteiger partial charge is 0.0328 e. The van der Waals surface area contributed by atoms with Crippen LogP contribution in [0.3, 0.4) is 0 Å². The van der Waals surface area contributed by atoms with Crippen LogP contribution in [-0.2, 0) is 0 Å². The fraction of sp³-hybridized carbons (Fsp3) is 1.00. The predicted octanol–water partition coefficient (Wildman–Crippen LogP) is 0.750. The first-order valence-corrected chi connectivity index (χ1v) is 5.70. The molecule has 1 saturated heterocycles. The highest BCUT2D eigenvalue weighted by Crippen LogP contribution is 2.23. The van der Waals surface area contributed by atoms with Crippen LogP contribution in [0, 0.1) is 0 Å². The third kappa shape index (κ3) is 2.27. The van der Waals surface area contributed by atoms with Gasteiger partial charge in [-0.15, -0.1) is 0 Å². The molecule has 1 fully saturated rings. The molecule has 0 radical (unpaired) electrons. The molecule has 0 aromatic heterocycles. The Kier molecular flexibility index (Phi) is 3.93. The van der Waals surface area contributed by atoms with E-state index in [9.17, 15) is 0 Å². The average Bonchev–Trinajstić information content (AvgIpc) is 2.17. The van der Waals surface area contributed by atoms with E-state index >= 15 is 0 Å². The molecule has 0 spiro atoms. The van der Waals surface area contributed by atoms with Gasteiger partial charge in [-0.3, -0.25) is 4.90 Å². The zero-order valence-electron chi connectivity index (χ0n) is 10.1. The van der Waals surface area contributed by atoms with Crippen LogP contribution in [0.1, 0.15) is 27.2 Å². The molecule has 14 heavy (non-hydrogen) atoms. The van der Waals surface area contributed by atoms with E-state index in [1.54, 1.807) is 0 Å². The summed E-state index contributed by atoms with van der Waals surface area (Å²) in [5, 5.41) is 0. The lowest BCUT2D eigenvalue weighted by atomic mass is 9.88. The minimum Gasteiger partial charge on any atom is -0.326 e. The largest absolute Gasteiger partial charge is 0.326 e. The Morgan fingerprint density at radius 3 is 2.14 bits per heavy atom. The van der Waals surface area contributed by atoms with Crippen molar-refractivity contribution in [3.8, 4) is 0 Å². The van der Waals surface area contributed by atoms with E-state index in [0.29, 0.717) is 0 Å². The van der Waals surface area contributed by atoms with Crippen molar-refractivity contribution in [3.63, 3.8) is 0 Å². The van der Waals surface area contributed by atoms with Crippen LogP contribution in [0.25, 0.3) is 0 Å². The molecule has 2 N–H and O–H groups in total. The zero-order valence-corrected chi connectivity index (χ0v) is 10.1. The summed E-state index contributed by atoms with van der Waals surface area (Å²) in [5.41, 5.74) is 6.27. The molecule has 1 rings (SSSR count). The Morgan fingerprint density at radius 2 is 1.79 bits per heavy atom. The maximum absolute atomic E-state index is 6.09. The van der Waals surface area contributed by atoms with Crippen LogP contribution in [-0.4, -0.2) is 54.6 Å². The van der Waals surface area contributed by atoms with Gasteiger partial charge in [0.05, 0.1) is 0 Å². The van der Waals surface area contributed by atoms with E-state index in [4.69, 9.17) is 5.73 Å². The van der Waals surface area contributed by atoms with Crippen molar-refractivity contribution >= 4 is 0 Å². The summed E-state index contributed by atoms with van der Waals surface area (Å²) in [6.45, 7) is 11.3. The Morgan fingerprint density at radius 1 is 1.29 bits per heavy atom. The number of rotatable bonds is 3. The molecule has 0 saturated carbocycles. The van der Waals surface area contributed by atoms with Gasteiger partial charge in [0.1, 0.15) is 0 Å². The van der Waals surface area contributed by atoms with Gasteiger partial charge < -0.3 is 10.6 Å². The number of hydrogen-bond donors (Lipinski definition) is 1. The van der Waals surface area contributed by atoms with E-state index < -0.39 is 0 Å². The first-order chi connectivity index (χ1) is 6.50. The lowest BCUT2D eigenvalue weighted by molar-refractivity contribution is 0.0344. The summed E-state index contributed by atoms with van der Waals surface area (Å²) in [6.07, 6.45) is 1.13. The molecule has 2 atom stereocenters. The molecule has 0 aliphatic carbocycles. The first kappa shape index (κ1) is 12.0. The SMILES string of the molecule is CCC(C)(C(C)N)N1CCN(C)CC1. The molecule has 2 unspecified atom stereocenters. The second kappa shape index (κ2) is 4.60. The molecule has 0 aromatic rings.